The highest BCUT2D eigenvalue weighted by Crippen LogP contribution is 2.35. The predicted molar refractivity (Wildman–Crippen MR) is 63.1 cm³/mol. The predicted octanol–water partition coefficient (Wildman–Crippen LogP) is 0.410. The summed E-state index contributed by atoms with van der Waals surface area (Å²) in [6, 6.07) is 0.485. The third-order valence-electron chi connectivity index (χ3n) is 3.92. The van der Waals surface area contributed by atoms with Crippen molar-refractivity contribution in [1.29, 1.82) is 0 Å². The Labute approximate surface area is 97.6 Å². The van der Waals surface area contributed by atoms with Crippen molar-refractivity contribution < 1.29 is 13.5 Å². The van der Waals surface area contributed by atoms with Gasteiger partial charge < -0.3 is 10.0 Å². The van der Waals surface area contributed by atoms with Gasteiger partial charge in [-0.1, -0.05) is 0 Å². The number of nitrogens with zero attached hydrogens (tertiary/aromatic N) is 1. The molecule has 0 aromatic carbocycles. The molecule has 0 aromatic heterocycles. The minimum absolute atomic E-state index is 0.107. The molecule has 16 heavy (non-hydrogen) atoms. The summed E-state index contributed by atoms with van der Waals surface area (Å²) < 4.78 is 22.2. The smallest absolute Gasteiger partial charge is 0.147 e. The largest absolute Gasteiger partial charge is 0.390 e. The van der Waals surface area contributed by atoms with Gasteiger partial charge >= 0.3 is 0 Å². The molecule has 0 saturated carbocycles. The number of fused-ring (bicyclic) bond motifs is 1. The highest BCUT2D eigenvalue weighted by molar-refractivity contribution is 7.90. The molecular weight excluding hydrogens is 226 g/mol. The van der Waals surface area contributed by atoms with Gasteiger partial charge in [0, 0.05) is 18.8 Å². The van der Waals surface area contributed by atoms with Crippen molar-refractivity contribution in [2.24, 2.45) is 0 Å². The first-order chi connectivity index (χ1) is 7.38. The van der Waals surface area contributed by atoms with Crippen LogP contribution in [0.25, 0.3) is 0 Å². The molecule has 2 saturated heterocycles. The molecule has 0 spiro atoms. The monoisotopic (exact) mass is 247 g/mol. The van der Waals surface area contributed by atoms with E-state index in [1.54, 1.807) is 0 Å². The molecule has 2 aliphatic rings. The van der Waals surface area contributed by atoms with Gasteiger partial charge in [-0.05, 0) is 38.6 Å². The molecule has 0 radical (unpaired) electrons. The van der Waals surface area contributed by atoms with E-state index in [4.69, 9.17) is 0 Å². The van der Waals surface area contributed by atoms with Gasteiger partial charge in [0.25, 0.3) is 0 Å². The van der Waals surface area contributed by atoms with E-state index in [9.17, 15) is 13.5 Å². The summed E-state index contributed by atoms with van der Waals surface area (Å²) in [6.07, 6.45) is 5.48. The van der Waals surface area contributed by atoms with Crippen molar-refractivity contribution in [1.82, 2.24) is 4.90 Å². The molecule has 2 atom stereocenters. The number of sulfone groups is 1. The molecule has 2 unspecified atom stereocenters. The number of rotatable bonds is 3. The van der Waals surface area contributed by atoms with Crippen LogP contribution in [0.15, 0.2) is 0 Å². The lowest BCUT2D eigenvalue weighted by Crippen LogP contribution is -2.48. The molecule has 0 bridgehead atoms. The fraction of sp³-hybridized carbons (Fsp3) is 1.00. The van der Waals surface area contributed by atoms with Gasteiger partial charge in [-0.15, -0.1) is 0 Å². The van der Waals surface area contributed by atoms with Crippen molar-refractivity contribution in [2.75, 3.05) is 25.1 Å². The van der Waals surface area contributed by atoms with Crippen molar-refractivity contribution in [3.63, 3.8) is 0 Å². The lowest BCUT2D eigenvalue weighted by atomic mass is 9.84. The van der Waals surface area contributed by atoms with E-state index in [0.29, 0.717) is 12.5 Å². The Balaban J connectivity index is 1.93. The molecule has 4 nitrogen and oxygen atoms in total. The summed E-state index contributed by atoms with van der Waals surface area (Å²) in [5, 5.41) is 10.4. The molecule has 1 N–H and O–H groups in total. The van der Waals surface area contributed by atoms with Crippen LogP contribution >= 0.6 is 0 Å². The third-order valence-corrected chi connectivity index (χ3v) is 4.86. The van der Waals surface area contributed by atoms with Crippen LogP contribution in [0.5, 0.6) is 0 Å². The minimum atomic E-state index is -2.96. The SMILES string of the molecule is CS(=O)(=O)CCC1(O)CCN2CCCC2C1. The Bertz CT molecular complexity index is 354. The van der Waals surface area contributed by atoms with Crippen molar-refractivity contribution in [3.8, 4) is 0 Å². The summed E-state index contributed by atoms with van der Waals surface area (Å²) in [7, 11) is -2.96. The lowest BCUT2D eigenvalue weighted by Gasteiger charge is -2.40. The quantitative estimate of drug-likeness (QED) is 0.785. The zero-order valence-electron chi connectivity index (χ0n) is 9.85. The standard InChI is InChI=1S/C11H21NO3S/c1-16(14,15)8-5-11(13)4-7-12-6-2-3-10(12)9-11/h10,13H,2-9H2,1H3. The molecule has 2 fully saturated rings. The van der Waals surface area contributed by atoms with Crippen molar-refractivity contribution in [3.05, 3.63) is 0 Å². The second-order valence-corrected chi connectivity index (χ2v) is 7.65. The summed E-state index contributed by atoms with van der Waals surface area (Å²) in [6.45, 7) is 2.07. The summed E-state index contributed by atoms with van der Waals surface area (Å²) in [5.74, 6) is 0.107. The van der Waals surface area contributed by atoms with Gasteiger partial charge in [0.2, 0.25) is 0 Å². The summed E-state index contributed by atoms with van der Waals surface area (Å²) in [4.78, 5) is 2.43. The van der Waals surface area contributed by atoms with Gasteiger partial charge in [0.15, 0.2) is 0 Å². The molecule has 94 valence electrons. The van der Waals surface area contributed by atoms with Crippen LogP contribution in [0.1, 0.15) is 32.1 Å². The van der Waals surface area contributed by atoms with Crippen molar-refractivity contribution >= 4 is 9.84 Å². The average Bonchev–Trinajstić information content (AvgIpc) is 2.61. The van der Waals surface area contributed by atoms with Gasteiger partial charge in [-0.25, -0.2) is 8.42 Å². The maximum atomic E-state index is 11.1. The normalized spacial score (nSPS) is 36.2. The van der Waals surface area contributed by atoms with Crippen molar-refractivity contribution in [2.45, 2.75) is 43.7 Å². The van der Waals surface area contributed by atoms with Crippen LogP contribution in [0.2, 0.25) is 0 Å². The molecule has 0 amide bonds. The van der Waals surface area contributed by atoms with E-state index in [0.717, 1.165) is 32.4 Å². The maximum Gasteiger partial charge on any atom is 0.147 e. The van der Waals surface area contributed by atoms with E-state index in [2.05, 4.69) is 4.90 Å². The van der Waals surface area contributed by atoms with E-state index in [-0.39, 0.29) is 5.75 Å². The van der Waals surface area contributed by atoms with E-state index in [1.807, 2.05) is 0 Å². The first-order valence-corrected chi connectivity index (χ1v) is 8.08. The summed E-state index contributed by atoms with van der Waals surface area (Å²) >= 11 is 0. The van der Waals surface area contributed by atoms with Gasteiger partial charge in [-0.2, -0.15) is 0 Å². The molecule has 5 heteroatoms. The van der Waals surface area contributed by atoms with Crippen LogP contribution in [0.3, 0.4) is 0 Å². The van der Waals surface area contributed by atoms with Crippen LogP contribution in [-0.2, 0) is 9.84 Å². The molecule has 2 heterocycles. The average molecular weight is 247 g/mol. The number of hydrogen-bond donors (Lipinski definition) is 1. The Hall–Kier alpha value is -0.130. The first kappa shape index (κ1) is 12.3. The maximum absolute atomic E-state index is 11.1. The second-order valence-electron chi connectivity index (χ2n) is 5.39. The molecule has 2 aliphatic heterocycles. The van der Waals surface area contributed by atoms with Crippen LogP contribution in [-0.4, -0.2) is 55.2 Å². The van der Waals surface area contributed by atoms with Crippen LogP contribution < -0.4 is 0 Å². The lowest BCUT2D eigenvalue weighted by molar-refractivity contribution is -0.0378. The Morgan fingerprint density at radius 3 is 2.88 bits per heavy atom. The Kier molecular flexibility index (Phi) is 3.29. The Morgan fingerprint density at radius 1 is 1.44 bits per heavy atom. The second kappa shape index (κ2) is 4.27. The highest BCUT2D eigenvalue weighted by atomic mass is 32.2. The summed E-state index contributed by atoms with van der Waals surface area (Å²) in [5.41, 5.74) is -0.741. The zero-order valence-corrected chi connectivity index (χ0v) is 10.7. The molecular formula is C11H21NO3S. The van der Waals surface area contributed by atoms with Crippen LogP contribution in [0.4, 0.5) is 0 Å². The number of aliphatic hydroxyl groups is 1. The van der Waals surface area contributed by atoms with Crippen LogP contribution in [0, 0.1) is 0 Å². The fourth-order valence-corrected chi connectivity index (χ4v) is 3.67. The van der Waals surface area contributed by atoms with Gasteiger partial charge in [0.05, 0.1) is 11.4 Å². The number of piperidine rings is 1. The molecule has 2 rings (SSSR count). The molecule has 0 aliphatic carbocycles. The van der Waals surface area contributed by atoms with E-state index in [1.165, 1.54) is 12.7 Å². The van der Waals surface area contributed by atoms with Gasteiger partial charge in [-0.3, -0.25) is 0 Å². The van der Waals surface area contributed by atoms with E-state index < -0.39 is 15.4 Å². The first-order valence-electron chi connectivity index (χ1n) is 6.02. The zero-order chi connectivity index (χ0) is 11.8. The van der Waals surface area contributed by atoms with E-state index >= 15 is 0 Å². The van der Waals surface area contributed by atoms with Gasteiger partial charge in [0.1, 0.15) is 9.84 Å². The minimum Gasteiger partial charge on any atom is -0.390 e. The molecule has 0 aromatic rings. The Morgan fingerprint density at radius 2 is 2.19 bits per heavy atom. The third kappa shape index (κ3) is 2.96. The topological polar surface area (TPSA) is 57.6 Å². The number of hydrogen-bond acceptors (Lipinski definition) is 4. The highest BCUT2D eigenvalue weighted by Gasteiger charge is 2.40. The fourth-order valence-electron chi connectivity index (χ4n) is 2.92.